The lowest BCUT2D eigenvalue weighted by atomic mass is 9.68. The van der Waals surface area contributed by atoms with Crippen molar-refractivity contribution in [1.82, 2.24) is 43.4 Å². The van der Waals surface area contributed by atoms with Crippen LogP contribution in [-0.4, -0.2) is 102 Å². The Morgan fingerprint density at radius 1 is 0.826 bits per heavy atom. The molecular formula is C48H47ClFN10O7PS. The molecule has 0 amide bonds. The number of nitrogens with zero attached hydrogens (tertiary/aromatic N) is 10. The lowest BCUT2D eigenvalue weighted by Crippen LogP contribution is -2.40. The quantitative estimate of drug-likeness (QED) is 0.0248. The number of hydrogen-bond acceptors (Lipinski definition) is 14. The Kier molecular flexibility index (Phi) is 13.4. The Bertz CT molecular complexity index is 3110. The minimum absolute atomic E-state index is 0.0128. The van der Waals surface area contributed by atoms with Gasteiger partial charge in [0.1, 0.15) is 54.1 Å². The fourth-order valence-corrected chi connectivity index (χ4v) is 11.8. The summed E-state index contributed by atoms with van der Waals surface area (Å²) in [5, 5.41) is 0.286. The van der Waals surface area contributed by atoms with E-state index < -0.39 is 36.9 Å². The molecule has 69 heavy (non-hydrogen) atoms. The second kappa shape index (κ2) is 19.8. The monoisotopic (exact) mass is 992 g/mol. The van der Waals surface area contributed by atoms with Gasteiger partial charge in [-0.1, -0.05) is 79.5 Å². The molecule has 8 atom stereocenters. The maximum absolute atomic E-state index is 17.9. The van der Waals surface area contributed by atoms with Gasteiger partial charge < -0.3 is 37.4 Å². The molecule has 0 radical (unpaired) electrons. The van der Waals surface area contributed by atoms with Gasteiger partial charge in [-0.15, -0.1) is 0 Å². The van der Waals surface area contributed by atoms with E-state index >= 15 is 4.39 Å². The SMILES string of the molecule is [C-]#[N+]CCOP(=S)(OC[C@H]1C[C@@H](n2cnc3c(Cl)ncnc32)[C@@H]1CC)O[C@@H]1[C@H](F)[C@@H](COC(c2ccccc2)(c2ccc(OC)cc2)c2ccc(OC)cc2)O[C@H]1n1cnc2c1ncn1ccnc21. The van der Waals surface area contributed by atoms with Gasteiger partial charge in [0.05, 0.1) is 40.1 Å². The normalized spacial score (nSPS) is 22.4. The molecule has 1 unspecified atom stereocenters. The molecule has 5 aromatic heterocycles. The molecule has 356 valence electrons. The highest BCUT2D eigenvalue weighted by atomic mass is 35.5. The van der Waals surface area contributed by atoms with E-state index in [1.165, 1.54) is 12.7 Å². The van der Waals surface area contributed by atoms with Crippen LogP contribution in [0.5, 0.6) is 11.5 Å². The molecule has 2 fully saturated rings. The van der Waals surface area contributed by atoms with Crippen molar-refractivity contribution in [3.05, 3.63) is 150 Å². The molecule has 0 N–H and O–H groups in total. The number of halogens is 2. The van der Waals surface area contributed by atoms with Crippen LogP contribution in [0.3, 0.4) is 0 Å². The molecule has 3 aromatic carbocycles. The van der Waals surface area contributed by atoms with E-state index in [4.69, 9.17) is 62.5 Å². The Morgan fingerprint density at radius 3 is 2.20 bits per heavy atom. The van der Waals surface area contributed by atoms with E-state index in [1.54, 1.807) is 48.2 Å². The second-order valence-corrected chi connectivity index (χ2v) is 20.0. The van der Waals surface area contributed by atoms with E-state index in [0.29, 0.717) is 45.9 Å². The van der Waals surface area contributed by atoms with Crippen molar-refractivity contribution in [1.29, 1.82) is 0 Å². The summed E-state index contributed by atoms with van der Waals surface area (Å²) in [6.45, 7) is 5.55. The summed E-state index contributed by atoms with van der Waals surface area (Å²) in [6, 6.07) is 24.9. The first-order valence-electron chi connectivity index (χ1n) is 22.3. The van der Waals surface area contributed by atoms with Crippen LogP contribution in [0.1, 0.15) is 48.7 Å². The van der Waals surface area contributed by atoms with Crippen LogP contribution in [0, 0.1) is 18.4 Å². The van der Waals surface area contributed by atoms with E-state index in [2.05, 4.69) is 41.7 Å². The molecule has 10 rings (SSSR count). The van der Waals surface area contributed by atoms with Crippen molar-refractivity contribution in [2.24, 2.45) is 11.8 Å². The van der Waals surface area contributed by atoms with Crippen molar-refractivity contribution in [2.45, 2.75) is 56.0 Å². The highest BCUT2D eigenvalue weighted by Crippen LogP contribution is 2.57. The number of fused-ring (bicyclic) bond motifs is 4. The van der Waals surface area contributed by atoms with Crippen molar-refractivity contribution < 1.29 is 36.9 Å². The third kappa shape index (κ3) is 8.74. The average Bonchev–Trinajstić information content (AvgIpc) is 4.19. The smallest absolute Gasteiger partial charge is 0.327 e. The summed E-state index contributed by atoms with van der Waals surface area (Å²) in [4.78, 5) is 30.3. The van der Waals surface area contributed by atoms with Gasteiger partial charge in [-0.3, -0.25) is 13.5 Å². The summed E-state index contributed by atoms with van der Waals surface area (Å²) < 4.78 is 67.7. The van der Waals surface area contributed by atoms with Crippen LogP contribution >= 0.6 is 18.3 Å². The summed E-state index contributed by atoms with van der Waals surface area (Å²) >= 11 is 12.5. The first-order chi connectivity index (χ1) is 33.7. The van der Waals surface area contributed by atoms with E-state index in [0.717, 1.165) is 23.1 Å². The summed E-state index contributed by atoms with van der Waals surface area (Å²) in [5.74, 6) is 1.48. The summed E-state index contributed by atoms with van der Waals surface area (Å²) in [5.41, 5.74) is 3.59. The predicted molar refractivity (Wildman–Crippen MR) is 257 cm³/mol. The summed E-state index contributed by atoms with van der Waals surface area (Å²) in [6.07, 6.45) is 5.51. The first-order valence-corrected chi connectivity index (χ1v) is 25.3. The molecule has 1 aliphatic carbocycles. The van der Waals surface area contributed by atoms with Gasteiger partial charge >= 0.3 is 6.72 Å². The van der Waals surface area contributed by atoms with Gasteiger partial charge in [0.2, 0.25) is 6.54 Å². The molecule has 17 nitrogen and oxygen atoms in total. The molecule has 1 saturated heterocycles. The highest BCUT2D eigenvalue weighted by Gasteiger charge is 2.52. The van der Waals surface area contributed by atoms with Gasteiger partial charge in [-0.2, -0.15) is 0 Å². The maximum atomic E-state index is 17.9. The summed E-state index contributed by atoms with van der Waals surface area (Å²) in [7, 11) is 3.21. The Labute approximate surface area is 406 Å². The molecule has 21 heteroatoms. The zero-order valence-corrected chi connectivity index (χ0v) is 40.2. The molecule has 0 bridgehead atoms. The number of methoxy groups -OCH3 is 2. The third-order valence-corrected chi connectivity index (χ3v) is 15.7. The fourth-order valence-electron chi connectivity index (χ4n) is 9.57. The molecule has 8 aromatic rings. The highest BCUT2D eigenvalue weighted by molar-refractivity contribution is 8.07. The Morgan fingerprint density at radius 2 is 1.51 bits per heavy atom. The van der Waals surface area contributed by atoms with Crippen LogP contribution in [-0.2, 0) is 40.5 Å². The molecule has 1 aliphatic heterocycles. The topological polar surface area (TPSA) is 161 Å². The second-order valence-electron chi connectivity index (χ2n) is 16.7. The van der Waals surface area contributed by atoms with E-state index in [1.807, 2.05) is 83.4 Å². The minimum Gasteiger partial charge on any atom is -0.497 e. The number of rotatable bonds is 19. The molecule has 1 saturated carbocycles. The van der Waals surface area contributed by atoms with Crippen LogP contribution in [0.25, 0.3) is 32.8 Å². The molecule has 2 aliphatic rings. The van der Waals surface area contributed by atoms with Crippen molar-refractivity contribution in [3.63, 3.8) is 0 Å². The van der Waals surface area contributed by atoms with Gasteiger partial charge in [-0.25, -0.2) is 40.9 Å². The Hall–Kier alpha value is -5.94. The number of imidazole rings is 3. The largest absolute Gasteiger partial charge is 0.497 e. The molecule has 0 spiro atoms. The standard InChI is InChI=1S/C48H47ClFN10O7PS/c1-5-36-30(23-37(36)59-28-55-40-43(49)53-26-54-45(40)59)24-65-68(69,64-22-20-51-2)67-42-39(50)38(66-47(42)60-29-56-41-44-52-19-21-58(44)27-57-46(41)60)25-63-48(31-9-7-6-8-10-31,32-11-15-34(61-3)16-12-32)33-13-17-35(62-4)18-14-33/h6-19,21,26-30,36-39,42,47H,5,20,22-25H2,1,3-4H3/t30-,36-,37-,38-,39-,42-,47-,68?/m1/s1. The van der Waals surface area contributed by atoms with Crippen molar-refractivity contribution >= 4 is 58.1 Å². The lowest BCUT2D eigenvalue weighted by Gasteiger charge is -2.45. The zero-order chi connectivity index (χ0) is 47.7. The van der Waals surface area contributed by atoms with E-state index in [-0.39, 0.29) is 49.4 Å². The Balaban J connectivity index is 0.984. The van der Waals surface area contributed by atoms with Gasteiger partial charge in [0, 0.05) is 18.4 Å². The average molecular weight is 993 g/mol. The lowest BCUT2D eigenvalue weighted by molar-refractivity contribution is -0.0891. The van der Waals surface area contributed by atoms with E-state index in [9.17, 15) is 0 Å². The number of ether oxygens (including phenoxy) is 4. The number of alkyl halides is 1. The van der Waals surface area contributed by atoms with Gasteiger partial charge in [0.25, 0.3) is 0 Å². The van der Waals surface area contributed by atoms with Crippen LogP contribution in [0.15, 0.2) is 117 Å². The number of benzene rings is 3. The van der Waals surface area contributed by atoms with Gasteiger partial charge in [-0.05, 0) is 71.0 Å². The third-order valence-electron chi connectivity index (χ3n) is 13.1. The van der Waals surface area contributed by atoms with Crippen molar-refractivity contribution in [2.75, 3.05) is 40.6 Å². The number of aromatic nitrogens is 9. The zero-order valence-electron chi connectivity index (χ0n) is 37.7. The minimum atomic E-state index is -3.82. The maximum Gasteiger partial charge on any atom is 0.327 e. The first kappa shape index (κ1) is 46.8. The van der Waals surface area contributed by atoms with Crippen LogP contribution < -0.4 is 9.47 Å². The van der Waals surface area contributed by atoms with Crippen LogP contribution in [0.4, 0.5) is 4.39 Å². The number of hydrogen-bond donors (Lipinski definition) is 0. The molecule has 6 heterocycles. The van der Waals surface area contributed by atoms with Crippen LogP contribution in [0.2, 0.25) is 5.15 Å². The molecular weight excluding hydrogens is 946 g/mol. The fraction of sp³-hybridized carbons (Fsp3) is 0.354. The van der Waals surface area contributed by atoms with Gasteiger partial charge in [0.15, 0.2) is 40.0 Å². The van der Waals surface area contributed by atoms with Crippen molar-refractivity contribution in [3.8, 4) is 11.5 Å². The predicted octanol–water partition coefficient (Wildman–Crippen LogP) is 8.98.